The molecule has 0 fully saturated rings. The van der Waals surface area contributed by atoms with Gasteiger partial charge in [-0.1, -0.05) is 6.92 Å². The molecule has 3 heteroatoms. The second-order valence-electron chi connectivity index (χ2n) is 1.66. The molecule has 54 valence electrons. The van der Waals surface area contributed by atoms with Crippen LogP contribution < -0.4 is 0 Å². The highest BCUT2D eigenvalue weighted by molar-refractivity contribution is 5.65. The molecule has 0 atom stereocenters. The van der Waals surface area contributed by atoms with Gasteiger partial charge < -0.3 is 9.47 Å². The van der Waals surface area contributed by atoms with Crippen molar-refractivity contribution in [1.29, 1.82) is 0 Å². The lowest BCUT2D eigenvalue weighted by atomic mass is 10.5. The average molecular weight is 132 g/mol. The van der Waals surface area contributed by atoms with Crippen LogP contribution in [-0.4, -0.2) is 19.4 Å². The Morgan fingerprint density at radius 1 is 1.56 bits per heavy atom. The summed E-state index contributed by atoms with van der Waals surface area (Å²) in [6, 6.07) is 0. The summed E-state index contributed by atoms with van der Waals surface area (Å²) >= 11 is 0. The summed E-state index contributed by atoms with van der Waals surface area (Å²) < 4.78 is 9.33. The summed E-state index contributed by atoms with van der Waals surface area (Å²) in [6.07, 6.45) is 0.946. The Balaban J connectivity index is 2.83. The van der Waals surface area contributed by atoms with E-state index in [1.807, 2.05) is 6.92 Å². The van der Waals surface area contributed by atoms with Crippen LogP contribution in [0.25, 0.3) is 0 Å². The molecule has 0 amide bonds. The van der Waals surface area contributed by atoms with Gasteiger partial charge in [-0.2, -0.15) is 0 Å². The average Bonchev–Trinajstić information content (AvgIpc) is 1.80. The maximum absolute atomic E-state index is 10.1. The molecule has 0 bridgehead atoms. The molecule has 0 saturated carbocycles. The predicted octanol–water partition coefficient (Wildman–Crippen LogP) is 0.934. The first-order chi connectivity index (χ1) is 4.27. The number of rotatable bonds is 4. The molecule has 0 aliphatic rings. The van der Waals surface area contributed by atoms with Crippen molar-refractivity contribution in [3.63, 3.8) is 0 Å². The van der Waals surface area contributed by atoms with Crippen molar-refractivity contribution >= 4 is 5.97 Å². The van der Waals surface area contributed by atoms with E-state index in [4.69, 9.17) is 4.74 Å². The van der Waals surface area contributed by atoms with Gasteiger partial charge in [-0.05, 0) is 6.42 Å². The molecule has 9 heavy (non-hydrogen) atoms. The third-order valence-electron chi connectivity index (χ3n) is 0.694. The Hall–Kier alpha value is -0.570. The minimum absolute atomic E-state index is 0.0865. The number of ether oxygens (including phenoxy) is 2. The van der Waals surface area contributed by atoms with E-state index in [1.165, 1.54) is 6.92 Å². The van der Waals surface area contributed by atoms with Crippen LogP contribution in [0.4, 0.5) is 0 Å². The predicted molar refractivity (Wildman–Crippen MR) is 32.9 cm³/mol. The van der Waals surface area contributed by atoms with Crippen molar-refractivity contribution in [1.82, 2.24) is 0 Å². The van der Waals surface area contributed by atoms with Gasteiger partial charge in [-0.25, -0.2) is 0 Å². The quantitative estimate of drug-likeness (QED) is 0.324. The first-order valence-electron chi connectivity index (χ1n) is 2.98. The fourth-order valence-corrected chi connectivity index (χ4v) is 0.328. The molecule has 0 aromatic carbocycles. The minimum Gasteiger partial charge on any atom is -0.439 e. The van der Waals surface area contributed by atoms with Gasteiger partial charge in [0.05, 0.1) is 6.61 Å². The van der Waals surface area contributed by atoms with Crippen LogP contribution in [0.5, 0.6) is 0 Å². The van der Waals surface area contributed by atoms with Crippen LogP contribution in [-0.2, 0) is 14.3 Å². The Morgan fingerprint density at radius 2 is 2.22 bits per heavy atom. The summed E-state index contributed by atoms with van der Waals surface area (Å²) in [5.41, 5.74) is 0. The normalized spacial score (nSPS) is 9.11. The summed E-state index contributed by atoms with van der Waals surface area (Å²) in [7, 11) is 0. The van der Waals surface area contributed by atoms with Gasteiger partial charge in [-0.15, -0.1) is 0 Å². The van der Waals surface area contributed by atoms with Crippen molar-refractivity contribution < 1.29 is 14.3 Å². The van der Waals surface area contributed by atoms with Crippen LogP contribution in [0, 0.1) is 0 Å². The van der Waals surface area contributed by atoms with Gasteiger partial charge in [-0.3, -0.25) is 4.79 Å². The van der Waals surface area contributed by atoms with Crippen molar-refractivity contribution in [3.8, 4) is 0 Å². The second-order valence-corrected chi connectivity index (χ2v) is 1.66. The molecule has 0 aromatic heterocycles. The molecule has 0 saturated heterocycles. The topological polar surface area (TPSA) is 35.5 Å². The van der Waals surface area contributed by atoms with Gasteiger partial charge in [0, 0.05) is 6.92 Å². The molecule has 0 N–H and O–H groups in total. The highest BCUT2D eigenvalue weighted by atomic mass is 16.7. The van der Waals surface area contributed by atoms with Crippen molar-refractivity contribution in [2.24, 2.45) is 0 Å². The maximum atomic E-state index is 10.1. The summed E-state index contributed by atoms with van der Waals surface area (Å²) in [5, 5.41) is 0. The smallest absolute Gasteiger partial charge is 0.304 e. The van der Waals surface area contributed by atoms with Gasteiger partial charge in [0.1, 0.15) is 0 Å². The second kappa shape index (κ2) is 5.56. The Bertz CT molecular complexity index is 80.4. The third-order valence-corrected chi connectivity index (χ3v) is 0.694. The number of esters is 1. The van der Waals surface area contributed by atoms with E-state index in [-0.39, 0.29) is 12.8 Å². The van der Waals surface area contributed by atoms with E-state index in [2.05, 4.69) is 4.74 Å². The zero-order chi connectivity index (χ0) is 7.11. The van der Waals surface area contributed by atoms with Crippen LogP contribution in [0.15, 0.2) is 0 Å². The molecular formula is C6H12O3. The van der Waals surface area contributed by atoms with Crippen molar-refractivity contribution in [3.05, 3.63) is 0 Å². The van der Waals surface area contributed by atoms with E-state index in [9.17, 15) is 4.79 Å². The Morgan fingerprint density at radius 3 is 2.67 bits per heavy atom. The highest BCUT2D eigenvalue weighted by Crippen LogP contribution is 1.81. The number of carbonyl (C=O) groups is 1. The number of hydrogen-bond acceptors (Lipinski definition) is 3. The van der Waals surface area contributed by atoms with E-state index in [0.717, 1.165) is 6.42 Å². The lowest BCUT2D eigenvalue weighted by Gasteiger charge is -2.00. The zero-order valence-electron chi connectivity index (χ0n) is 5.85. The van der Waals surface area contributed by atoms with Crippen LogP contribution in [0.2, 0.25) is 0 Å². The molecule has 0 unspecified atom stereocenters. The molecule has 0 spiro atoms. The molecule has 0 rings (SSSR count). The van der Waals surface area contributed by atoms with E-state index in [0.29, 0.717) is 6.61 Å². The van der Waals surface area contributed by atoms with Crippen LogP contribution in [0.3, 0.4) is 0 Å². The lowest BCUT2D eigenvalue weighted by molar-refractivity contribution is -0.153. The SMILES string of the molecule is CCCOCOC(C)=O. The van der Waals surface area contributed by atoms with E-state index in [1.54, 1.807) is 0 Å². The van der Waals surface area contributed by atoms with Gasteiger partial charge in [0.15, 0.2) is 6.79 Å². The fraction of sp³-hybridized carbons (Fsp3) is 0.833. The monoisotopic (exact) mass is 132 g/mol. The van der Waals surface area contributed by atoms with Gasteiger partial charge in [0.25, 0.3) is 0 Å². The molecular weight excluding hydrogens is 120 g/mol. The van der Waals surface area contributed by atoms with Crippen LogP contribution in [0.1, 0.15) is 20.3 Å². The lowest BCUT2D eigenvalue weighted by Crippen LogP contribution is -2.04. The van der Waals surface area contributed by atoms with Gasteiger partial charge in [0.2, 0.25) is 0 Å². The molecule has 3 nitrogen and oxygen atoms in total. The largest absolute Gasteiger partial charge is 0.439 e. The van der Waals surface area contributed by atoms with Crippen molar-refractivity contribution in [2.75, 3.05) is 13.4 Å². The molecule has 0 radical (unpaired) electrons. The summed E-state index contributed by atoms with van der Waals surface area (Å²) in [5.74, 6) is -0.300. The molecule has 0 aromatic rings. The van der Waals surface area contributed by atoms with Gasteiger partial charge >= 0.3 is 5.97 Å². The first kappa shape index (κ1) is 8.43. The molecule has 0 aliphatic heterocycles. The van der Waals surface area contributed by atoms with Crippen molar-refractivity contribution in [2.45, 2.75) is 20.3 Å². The minimum atomic E-state index is -0.300. The maximum Gasteiger partial charge on any atom is 0.304 e. The molecule has 0 aliphatic carbocycles. The Kier molecular flexibility index (Phi) is 5.21. The summed E-state index contributed by atoms with van der Waals surface area (Å²) in [6.45, 7) is 4.08. The highest BCUT2D eigenvalue weighted by Gasteiger charge is 1.89. The molecule has 0 heterocycles. The number of carbonyl (C=O) groups excluding carboxylic acids is 1. The Labute approximate surface area is 55.0 Å². The third kappa shape index (κ3) is 7.43. The number of hydrogen-bond donors (Lipinski definition) is 0. The first-order valence-corrected chi connectivity index (χ1v) is 2.98. The van der Waals surface area contributed by atoms with E-state index >= 15 is 0 Å². The van der Waals surface area contributed by atoms with E-state index < -0.39 is 0 Å². The zero-order valence-corrected chi connectivity index (χ0v) is 5.85. The fourth-order valence-electron chi connectivity index (χ4n) is 0.328. The summed E-state index contributed by atoms with van der Waals surface area (Å²) in [4.78, 5) is 10.1. The standard InChI is InChI=1S/C6H12O3/c1-3-4-8-5-9-6(2)7/h3-5H2,1-2H3. The van der Waals surface area contributed by atoms with Crippen LogP contribution >= 0.6 is 0 Å².